The summed E-state index contributed by atoms with van der Waals surface area (Å²) < 4.78 is 68.6. The van der Waals surface area contributed by atoms with E-state index in [2.05, 4.69) is 0 Å². The molecule has 0 fully saturated rings. The Morgan fingerprint density at radius 2 is 1.25 bits per heavy atom. The molecule has 2 aliphatic rings. The third kappa shape index (κ3) is 2.57. The fraction of sp³-hybridized carbons (Fsp3) is 0.280. The summed E-state index contributed by atoms with van der Waals surface area (Å²) in [5, 5.41) is 0. The van der Waals surface area contributed by atoms with E-state index in [4.69, 9.17) is 4.18 Å². The van der Waals surface area contributed by atoms with Crippen LogP contribution in [0.5, 0.6) is 5.75 Å². The molecule has 0 N–H and O–H groups in total. The third-order valence-corrected chi connectivity index (χ3v) is 7.78. The fourth-order valence-electron chi connectivity index (χ4n) is 5.33. The van der Waals surface area contributed by atoms with Crippen molar-refractivity contribution in [3.05, 3.63) is 76.9 Å². The van der Waals surface area contributed by atoms with Crippen LogP contribution in [0.2, 0.25) is 0 Å². The largest absolute Gasteiger partial charge is 0.534 e. The summed E-state index contributed by atoms with van der Waals surface area (Å²) in [4.78, 5) is 0. The van der Waals surface area contributed by atoms with Gasteiger partial charge in [0.1, 0.15) is 0 Å². The smallest absolute Gasteiger partial charge is 0.375 e. The predicted octanol–water partition coefficient (Wildman–Crippen LogP) is 6.53. The molecule has 0 aliphatic heterocycles. The first-order valence-corrected chi connectivity index (χ1v) is 11.6. The molecular weight excluding hydrogens is 437 g/mol. The van der Waals surface area contributed by atoms with Gasteiger partial charge in [0.2, 0.25) is 0 Å². The molecule has 0 bridgehead atoms. The molecule has 0 spiro atoms. The van der Waals surface area contributed by atoms with Gasteiger partial charge in [0.15, 0.2) is 5.75 Å². The zero-order valence-electron chi connectivity index (χ0n) is 18.0. The minimum absolute atomic E-state index is 0.282. The van der Waals surface area contributed by atoms with Gasteiger partial charge in [-0.05, 0) is 45.0 Å². The first-order valence-electron chi connectivity index (χ1n) is 10.2. The Morgan fingerprint density at radius 3 is 1.81 bits per heavy atom. The predicted molar refractivity (Wildman–Crippen MR) is 117 cm³/mol. The van der Waals surface area contributed by atoms with E-state index in [1.54, 1.807) is 12.1 Å². The molecule has 0 amide bonds. The molecule has 32 heavy (non-hydrogen) atoms. The number of hydrogen-bond donors (Lipinski definition) is 0. The van der Waals surface area contributed by atoms with Gasteiger partial charge >= 0.3 is 15.6 Å². The van der Waals surface area contributed by atoms with E-state index < -0.39 is 26.5 Å². The van der Waals surface area contributed by atoms with Gasteiger partial charge in [-0.2, -0.15) is 21.6 Å². The normalized spacial score (nSPS) is 17.3. The number of fused-ring (bicyclic) bond motifs is 7. The summed E-state index contributed by atoms with van der Waals surface area (Å²) in [7, 11) is -5.83. The van der Waals surface area contributed by atoms with Gasteiger partial charge in [-0.25, -0.2) is 0 Å². The van der Waals surface area contributed by atoms with Crippen LogP contribution in [0, 0.1) is 0 Å². The third-order valence-electron chi connectivity index (χ3n) is 6.81. The lowest BCUT2D eigenvalue weighted by atomic mass is 9.77. The first-order chi connectivity index (χ1) is 14.8. The van der Waals surface area contributed by atoms with Gasteiger partial charge in [0.25, 0.3) is 0 Å². The highest BCUT2D eigenvalue weighted by atomic mass is 32.2. The summed E-state index contributed by atoms with van der Waals surface area (Å²) in [5.74, 6) is -0.282. The second-order valence-corrected chi connectivity index (χ2v) is 10.9. The summed E-state index contributed by atoms with van der Waals surface area (Å²) in [6.45, 7) is 7.99. The van der Waals surface area contributed by atoms with Crippen molar-refractivity contribution < 1.29 is 25.8 Å². The van der Waals surface area contributed by atoms with Crippen LogP contribution in [-0.2, 0) is 20.9 Å². The summed E-state index contributed by atoms with van der Waals surface area (Å²) in [5.41, 5.74) is -0.0724. The molecular formula is C25H21F3O3S. The van der Waals surface area contributed by atoms with Crippen LogP contribution < -0.4 is 4.18 Å². The van der Waals surface area contributed by atoms with Crippen LogP contribution in [0.1, 0.15) is 49.9 Å². The molecule has 0 atom stereocenters. The van der Waals surface area contributed by atoms with E-state index >= 15 is 0 Å². The van der Waals surface area contributed by atoms with Gasteiger partial charge in [0.05, 0.1) is 0 Å². The summed E-state index contributed by atoms with van der Waals surface area (Å²) in [6.07, 6.45) is 0. The zero-order valence-corrected chi connectivity index (χ0v) is 18.8. The van der Waals surface area contributed by atoms with Gasteiger partial charge < -0.3 is 4.18 Å². The van der Waals surface area contributed by atoms with Crippen molar-refractivity contribution in [2.24, 2.45) is 0 Å². The van der Waals surface area contributed by atoms with Crippen LogP contribution >= 0.6 is 0 Å². The fourth-order valence-corrected chi connectivity index (χ4v) is 5.79. The second-order valence-electron chi connectivity index (χ2n) is 9.37. The number of rotatable bonds is 2. The molecule has 2 aliphatic carbocycles. The average Bonchev–Trinajstić information content (AvgIpc) is 3.08. The highest BCUT2D eigenvalue weighted by Crippen LogP contribution is 2.61. The molecule has 0 unspecified atom stereocenters. The Balaban J connectivity index is 1.92. The van der Waals surface area contributed by atoms with E-state index in [0.29, 0.717) is 11.1 Å². The van der Waals surface area contributed by atoms with Crippen LogP contribution in [0.15, 0.2) is 54.6 Å². The molecule has 0 saturated carbocycles. The van der Waals surface area contributed by atoms with E-state index in [1.165, 1.54) is 6.07 Å². The van der Waals surface area contributed by atoms with Crippen LogP contribution in [-0.4, -0.2) is 13.9 Å². The Hall–Kier alpha value is -2.80. The minimum atomic E-state index is -5.83. The summed E-state index contributed by atoms with van der Waals surface area (Å²) in [6, 6.07) is 16.7. The number of hydrogen-bond acceptors (Lipinski definition) is 3. The lowest BCUT2D eigenvalue weighted by Crippen LogP contribution is -2.28. The highest BCUT2D eigenvalue weighted by molar-refractivity contribution is 7.88. The molecule has 166 valence electrons. The maximum absolute atomic E-state index is 13.2. The molecule has 3 nitrogen and oxygen atoms in total. The summed E-state index contributed by atoms with van der Waals surface area (Å²) >= 11 is 0. The number of alkyl halides is 3. The molecule has 0 aromatic heterocycles. The SMILES string of the molecule is CC1(C)c2ccccc2-c2c1cc(OS(=O)(=O)C(F)(F)F)c1c2C(C)(C)c2ccccc2-1. The van der Waals surface area contributed by atoms with Gasteiger partial charge in [-0.1, -0.05) is 76.2 Å². The van der Waals surface area contributed by atoms with Gasteiger partial charge in [-0.15, -0.1) is 0 Å². The van der Waals surface area contributed by atoms with Crippen LogP contribution in [0.25, 0.3) is 22.3 Å². The first kappa shape index (κ1) is 21.1. The van der Waals surface area contributed by atoms with Crippen molar-refractivity contribution in [2.45, 2.75) is 44.0 Å². The van der Waals surface area contributed by atoms with Gasteiger partial charge in [0, 0.05) is 16.4 Å². The lowest BCUT2D eigenvalue weighted by molar-refractivity contribution is -0.0499. The Morgan fingerprint density at radius 1 is 0.750 bits per heavy atom. The van der Waals surface area contributed by atoms with E-state index in [-0.39, 0.29) is 5.75 Å². The van der Waals surface area contributed by atoms with Crippen molar-refractivity contribution in [2.75, 3.05) is 0 Å². The molecule has 0 saturated heterocycles. The van der Waals surface area contributed by atoms with Gasteiger partial charge in [-0.3, -0.25) is 0 Å². The number of halogens is 3. The van der Waals surface area contributed by atoms with Crippen LogP contribution in [0.3, 0.4) is 0 Å². The standard InChI is InChI=1S/C25H21F3O3S/c1-23(2)16-11-7-5-9-14(16)20-18(23)13-19(31-32(29,30)25(26,27)28)21-15-10-6-8-12-17(15)24(3,4)22(20)21/h5-13H,1-4H3. The van der Waals surface area contributed by atoms with Crippen molar-refractivity contribution in [3.63, 3.8) is 0 Å². The maximum atomic E-state index is 13.2. The molecule has 0 heterocycles. The second kappa shape index (κ2) is 6.16. The van der Waals surface area contributed by atoms with E-state index in [0.717, 1.165) is 33.4 Å². The molecule has 0 radical (unpaired) electrons. The van der Waals surface area contributed by atoms with Crippen molar-refractivity contribution in [1.82, 2.24) is 0 Å². The quantitative estimate of drug-likeness (QED) is 0.324. The Kier molecular flexibility index (Phi) is 4.06. The topological polar surface area (TPSA) is 43.4 Å². The minimum Gasteiger partial charge on any atom is -0.375 e. The lowest BCUT2D eigenvalue weighted by Gasteiger charge is -2.27. The molecule has 5 rings (SSSR count). The Bertz CT molecular complexity index is 1400. The molecule has 3 aromatic carbocycles. The van der Waals surface area contributed by atoms with E-state index in [9.17, 15) is 21.6 Å². The van der Waals surface area contributed by atoms with Crippen molar-refractivity contribution >= 4 is 10.1 Å². The van der Waals surface area contributed by atoms with Crippen LogP contribution in [0.4, 0.5) is 13.2 Å². The van der Waals surface area contributed by atoms with Crippen molar-refractivity contribution in [3.8, 4) is 28.0 Å². The molecule has 3 aromatic rings. The monoisotopic (exact) mass is 458 g/mol. The average molecular weight is 459 g/mol. The highest BCUT2D eigenvalue weighted by Gasteiger charge is 2.51. The molecule has 7 heteroatoms. The van der Waals surface area contributed by atoms with Crippen molar-refractivity contribution in [1.29, 1.82) is 0 Å². The Labute approximate surface area is 185 Å². The maximum Gasteiger partial charge on any atom is 0.534 e. The number of benzene rings is 3. The zero-order chi connectivity index (χ0) is 23.3. The van der Waals surface area contributed by atoms with E-state index in [1.807, 2.05) is 64.1 Å².